The topological polar surface area (TPSA) is 33.3 Å². The Morgan fingerprint density at radius 2 is 2.38 bits per heavy atom. The molecule has 3 nitrogen and oxygen atoms in total. The van der Waals surface area contributed by atoms with Crippen molar-refractivity contribution in [3.8, 4) is 0 Å². The van der Waals surface area contributed by atoms with Gasteiger partial charge in [-0.1, -0.05) is 12.1 Å². The normalized spacial score (nSPS) is 19.9. The van der Waals surface area contributed by atoms with E-state index in [0.717, 1.165) is 25.4 Å². The molecule has 1 atom stereocenters. The minimum absolute atomic E-state index is 0.424. The number of nitrogens with one attached hydrogen (secondary N) is 2. The molecular formula is C13H20N2O. The van der Waals surface area contributed by atoms with Gasteiger partial charge >= 0.3 is 0 Å². The molecule has 0 amide bonds. The van der Waals surface area contributed by atoms with Gasteiger partial charge < -0.3 is 15.4 Å². The predicted octanol–water partition coefficient (Wildman–Crippen LogP) is 2.00. The summed E-state index contributed by atoms with van der Waals surface area (Å²) in [5, 5.41) is 6.59. The van der Waals surface area contributed by atoms with Crippen LogP contribution in [-0.4, -0.2) is 26.3 Å². The van der Waals surface area contributed by atoms with Crippen LogP contribution in [0.3, 0.4) is 0 Å². The van der Waals surface area contributed by atoms with Gasteiger partial charge in [0, 0.05) is 32.4 Å². The lowest BCUT2D eigenvalue weighted by molar-refractivity contribution is 0.110. The molecule has 16 heavy (non-hydrogen) atoms. The molecule has 2 N–H and O–H groups in total. The number of anilines is 1. The first-order valence-corrected chi connectivity index (χ1v) is 5.97. The first-order chi connectivity index (χ1) is 7.88. The summed E-state index contributed by atoms with van der Waals surface area (Å²) >= 11 is 0. The molecule has 1 saturated heterocycles. The molecule has 0 bridgehead atoms. The first kappa shape index (κ1) is 11.4. The van der Waals surface area contributed by atoms with Crippen molar-refractivity contribution in [1.29, 1.82) is 0 Å². The maximum Gasteiger partial charge on any atom is 0.0700 e. The highest BCUT2D eigenvalue weighted by molar-refractivity contribution is 5.44. The largest absolute Gasteiger partial charge is 0.388 e. The highest BCUT2D eigenvalue weighted by atomic mass is 16.5. The summed E-state index contributed by atoms with van der Waals surface area (Å²) < 4.78 is 5.56. The molecule has 1 aliphatic rings. The fraction of sp³-hybridized carbons (Fsp3) is 0.538. The van der Waals surface area contributed by atoms with Gasteiger partial charge in [0.15, 0.2) is 0 Å². The summed E-state index contributed by atoms with van der Waals surface area (Å²) in [6.07, 6.45) is 2.83. The quantitative estimate of drug-likeness (QED) is 0.796. The van der Waals surface area contributed by atoms with Crippen LogP contribution in [0.25, 0.3) is 0 Å². The fourth-order valence-corrected chi connectivity index (χ4v) is 2.02. The second kappa shape index (κ2) is 5.87. The summed E-state index contributed by atoms with van der Waals surface area (Å²) in [7, 11) is 1.94. The summed E-state index contributed by atoms with van der Waals surface area (Å²) in [5.41, 5.74) is 2.47. The monoisotopic (exact) mass is 220 g/mol. The summed E-state index contributed by atoms with van der Waals surface area (Å²) in [5.74, 6) is 0. The van der Waals surface area contributed by atoms with Crippen molar-refractivity contribution in [2.24, 2.45) is 0 Å². The van der Waals surface area contributed by atoms with Crippen LogP contribution in [0.1, 0.15) is 18.4 Å². The Bertz CT molecular complexity index is 321. The van der Waals surface area contributed by atoms with Crippen molar-refractivity contribution in [2.75, 3.05) is 25.5 Å². The zero-order valence-corrected chi connectivity index (χ0v) is 9.83. The molecular weight excluding hydrogens is 200 g/mol. The van der Waals surface area contributed by atoms with E-state index in [4.69, 9.17) is 4.74 Å². The Kier molecular flexibility index (Phi) is 4.19. The predicted molar refractivity (Wildman–Crippen MR) is 66.7 cm³/mol. The minimum atomic E-state index is 0.424. The number of rotatable bonds is 5. The van der Waals surface area contributed by atoms with Crippen LogP contribution in [0, 0.1) is 0 Å². The van der Waals surface area contributed by atoms with Crippen molar-refractivity contribution in [2.45, 2.75) is 25.5 Å². The van der Waals surface area contributed by atoms with Crippen LogP contribution in [0.15, 0.2) is 24.3 Å². The van der Waals surface area contributed by atoms with Crippen LogP contribution < -0.4 is 10.6 Å². The smallest absolute Gasteiger partial charge is 0.0700 e. The molecule has 0 saturated carbocycles. The molecule has 0 aromatic heterocycles. The molecule has 3 heteroatoms. The van der Waals surface area contributed by atoms with Gasteiger partial charge in [0.05, 0.1) is 6.10 Å². The number of benzene rings is 1. The Morgan fingerprint density at radius 3 is 3.12 bits per heavy atom. The van der Waals surface area contributed by atoms with Gasteiger partial charge in [-0.25, -0.2) is 0 Å². The van der Waals surface area contributed by atoms with Crippen molar-refractivity contribution in [3.63, 3.8) is 0 Å². The fourth-order valence-electron chi connectivity index (χ4n) is 2.02. The Hall–Kier alpha value is -1.06. The average molecular weight is 220 g/mol. The summed E-state index contributed by atoms with van der Waals surface area (Å²) in [6, 6.07) is 8.46. The van der Waals surface area contributed by atoms with E-state index >= 15 is 0 Å². The van der Waals surface area contributed by atoms with Crippen LogP contribution in [-0.2, 0) is 11.3 Å². The molecule has 1 aliphatic heterocycles. The lowest BCUT2D eigenvalue weighted by atomic mass is 10.2. The Balaban J connectivity index is 1.75. The van der Waals surface area contributed by atoms with Crippen molar-refractivity contribution >= 4 is 5.69 Å². The average Bonchev–Trinajstić information content (AvgIpc) is 2.82. The maximum absolute atomic E-state index is 5.56. The zero-order chi connectivity index (χ0) is 11.2. The number of hydrogen-bond acceptors (Lipinski definition) is 3. The lowest BCUT2D eigenvalue weighted by Crippen LogP contribution is -2.25. The second-order valence-corrected chi connectivity index (χ2v) is 4.22. The summed E-state index contributed by atoms with van der Waals surface area (Å²) in [4.78, 5) is 0. The second-order valence-electron chi connectivity index (χ2n) is 4.22. The molecule has 0 aliphatic carbocycles. The van der Waals surface area contributed by atoms with E-state index in [1.165, 1.54) is 18.4 Å². The van der Waals surface area contributed by atoms with Gasteiger partial charge in [0.2, 0.25) is 0 Å². The Morgan fingerprint density at radius 1 is 1.44 bits per heavy atom. The maximum atomic E-state index is 5.56. The zero-order valence-electron chi connectivity index (χ0n) is 9.83. The summed E-state index contributed by atoms with van der Waals surface area (Å²) in [6.45, 7) is 2.81. The van der Waals surface area contributed by atoms with Gasteiger partial charge in [-0.15, -0.1) is 0 Å². The highest BCUT2D eigenvalue weighted by Crippen LogP contribution is 2.12. The van der Waals surface area contributed by atoms with Crippen LogP contribution >= 0.6 is 0 Å². The highest BCUT2D eigenvalue weighted by Gasteiger charge is 2.14. The third-order valence-corrected chi connectivity index (χ3v) is 2.94. The minimum Gasteiger partial charge on any atom is -0.388 e. The Labute approximate surface area is 97.2 Å². The molecule has 0 radical (unpaired) electrons. The van der Waals surface area contributed by atoms with E-state index < -0.39 is 0 Å². The van der Waals surface area contributed by atoms with E-state index in [-0.39, 0.29) is 0 Å². The van der Waals surface area contributed by atoms with Gasteiger partial charge in [-0.2, -0.15) is 0 Å². The van der Waals surface area contributed by atoms with E-state index in [9.17, 15) is 0 Å². The standard InChI is InChI=1S/C13H20N2O/c1-14-12-5-2-4-11(8-12)9-15-10-13-6-3-7-16-13/h2,4-5,8,13-15H,3,6-7,9-10H2,1H3. The number of hydrogen-bond donors (Lipinski definition) is 2. The molecule has 1 fully saturated rings. The van der Waals surface area contributed by atoms with Crippen LogP contribution in [0.5, 0.6) is 0 Å². The third kappa shape index (κ3) is 3.22. The molecule has 88 valence electrons. The van der Waals surface area contributed by atoms with E-state index in [1.54, 1.807) is 0 Å². The lowest BCUT2D eigenvalue weighted by Gasteiger charge is -2.11. The molecule has 2 rings (SSSR count). The van der Waals surface area contributed by atoms with Crippen LogP contribution in [0.2, 0.25) is 0 Å². The molecule has 0 spiro atoms. The van der Waals surface area contributed by atoms with E-state index in [1.807, 2.05) is 7.05 Å². The van der Waals surface area contributed by atoms with Gasteiger partial charge in [-0.3, -0.25) is 0 Å². The van der Waals surface area contributed by atoms with E-state index in [2.05, 4.69) is 34.9 Å². The molecule has 1 aromatic rings. The van der Waals surface area contributed by atoms with Crippen molar-refractivity contribution in [3.05, 3.63) is 29.8 Å². The third-order valence-electron chi connectivity index (χ3n) is 2.94. The van der Waals surface area contributed by atoms with Crippen molar-refractivity contribution in [1.82, 2.24) is 5.32 Å². The first-order valence-electron chi connectivity index (χ1n) is 5.97. The number of ether oxygens (including phenoxy) is 1. The SMILES string of the molecule is CNc1cccc(CNCC2CCCO2)c1. The van der Waals surface area contributed by atoms with E-state index in [0.29, 0.717) is 6.10 Å². The van der Waals surface area contributed by atoms with Gasteiger partial charge in [0.1, 0.15) is 0 Å². The van der Waals surface area contributed by atoms with Crippen LogP contribution in [0.4, 0.5) is 5.69 Å². The van der Waals surface area contributed by atoms with Gasteiger partial charge in [-0.05, 0) is 30.5 Å². The van der Waals surface area contributed by atoms with Crippen molar-refractivity contribution < 1.29 is 4.74 Å². The molecule has 1 heterocycles. The molecule has 1 aromatic carbocycles. The van der Waals surface area contributed by atoms with Gasteiger partial charge in [0.25, 0.3) is 0 Å². The molecule has 1 unspecified atom stereocenters.